The van der Waals surface area contributed by atoms with Crippen LogP contribution in [-0.2, 0) is 19.1 Å². The van der Waals surface area contributed by atoms with Gasteiger partial charge in [-0.05, 0) is 52.4 Å². The predicted molar refractivity (Wildman–Crippen MR) is 132 cm³/mol. The van der Waals surface area contributed by atoms with E-state index in [0.717, 1.165) is 19.3 Å². The van der Waals surface area contributed by atoms with Crippen molar-refractivity contribution >= 4 is 11.9 Å². The van der Waals surface area contributed by atoms with Crippen LogP contribution in [0.4, 0.5) is 0 Å². The summed E-state index contributed by atoms with van der Waals surface area (Å²) in [4.78, 5) is 24.0. The Balaban J connectivity index is 2.74. The fourth-order valence-electron chi connectivity index (χ4n) is 4.05. The average Bonchev–Trinajstić information content (AvgIpc) is 3.06. The van der Waals surface area contributed by atoms with Gasteiger partial charge >= 0.3 is 11.9 Å². The summed E-state index contributed by atoms with van der Waals surface area (Å²) in [6, 6.07) is 0. The molecule has 1 rings (SSSR count). The number of rotatable bonds is 15. The monoisotopic (exact) mass is 482 g/mol. The standard InChI is InChI=1S/C27H46O7/c1-5-6-9-12-20(29)15-16-22-21(13-10-7-8-11-14-25(31)33-18-17-28)23(30)19-24(22)34-26(32)27(2,3)4/h7,10,15-16,20-24,28-30H,5-6,8-9,11-14,17-19H2,1-4H3/b10-7-,16-15+/t20-,21+,22+,23-,24+/m0/s1. The van der Waals surface area contributed by atoms with Gasteiger partial charge in [0.15, 0.2) is 0 Å². The normalized spacial score (nSPS) is 24.1. The van der Waals surface area contributed by atoms with Crippen LogP contribution in [0.2, 0.25) is 0 Å². The van der Waals surface area contributed by atoms with E-state index in [2.05, 4.69) is 6.92 Å². The molecule has 0 unspecified atom stereocenters. The Morgan fingerprint density at radius 3 is 2.53 bits per heavy atom. The van der Waals surface area contributed by atoms with Crippen LogP contribution in [0.25, 0.3) is 0 Å². The lowest BCUT2D eigenvalue weighted by Crippen LogP contribution is -2.31. The lowest BCUT2D eigenvalue weighted by molar-refractivity contribution is -0.160. The molecule has 0 radical (unpaired) electrons. The zero-order valence-corrected chi connectivity index (χ0v) is 21.4. The first-order valence-electron chi connectivity index (χ1n) is 12.8. The maximum Gasteiger partial charge on any atom is 0.311 e. The van der Waals surface area contributed by atoms with Crippen molar-refractivity contribution < 1.29 is 34.4 Å². The van der Waals surface area contributed by atoms with Crippen LogP contribution in [-0.4, -0.2) is 58.8 Å². The van der Waals surface area contributed by atoms with Crippen LogP contribution in [0.3, 0.4) is 0 Å². The Bertz CT molecular complexity index is 650. The molecule has 5 atom stereocenters. The summed E-state index contributed by atoms with van der Waals surface area (Å²) in [7, 11) is 0. The number of carbonyl (C=O) groups is 2. The summed E-state index contributed by atoms with van der Waals surface area (Å²) >= 11 is 0. The van der Waals surface area contributed by atoms with Gasteiger partial charge < -0.3 is 24.8 Å². The molecule has 1 saturated carbocycles. The van der Waals surface area contributed by atoms with E-state index < -0.39 is 23.7 Å². The molecule has 3 N–H and O–H groups in total. The van der Waals surface area contributed by atoms with Gasteiger partial charge in [-0.2, -0.15) is 0 Å². The molecule has 0 saturated heterocycles. The molecule has 196 valence electrons. The van der Waals surface area contributed by atoms with Gasteiger partial charge in [0.2, 0.25) is 0 Å². The number of aliphatic hydroxyl groups is 3. The summed E-state index contributed by atoms with van der Waals surface area (Å²) in [6.45, 7) is 7.40. The van der Waals surface area contributed by atoms with E-state index in [0.29, 0.717) is 38.5 Å². The van der Waals surface area contributed by atoms with Crippen LogP contribution in [0.15, 0.2) is 24.3 Å². The quantitative estimate of drug-likeness (QED) is 0.183. The molecule has 0 aromatic carbocycles. The van der Waals surface area contributed by atoms with Crippen molar-refractivity contribution in [1.82, 2.24) is 0 Å². The van der Waals surface area contributed by atoms with Crippen molar-refractivity contribution in [2.75, 3.05) is 13.2 Å². The summed E-state index contributed by atoms with van der Waals surface area (Å²) in [5.74, 6) is -0.918. The molecule has 0 bridgehead atoms. The van der Waals surface area contributed by atoms with Crippen molar-refractivity contribution in [2.24, 2.45) is 17.3 Å². The highest BCUT2D eigenvalue weighted by Crippen LogP contribution is 2.39. The summed E-state index contributed by atoms with van der Waals surface area (Å²) in [5.41, 5.74) is -0.630. The molecule has 0 heterocycles. The van der Waals surface area contributed by atoms with Crippen LogP contribution in [0.1, 0.15) is 85.5 Å². The number of carbonyl (C=O) groups excluding carboxylic acids is 2. The van der Waals surface area contributed by atoms with Gasteiger partial charge in [0.1, 0.15) is 12.7 Å². The Kier molecular flexibility index (Phi) is 14.3. The highest BCUT2D eigenvalue weighted by molar-refractivity contribution is 5.75. The van der Waals surface area contributed by atoms with Gasteiger partial charge in [0.05, 0.1) is 24.2 Å². The third-order valence-corrected chi connectivity index (χ3v) is 6.10. The first kappa shape index (κ1) is 30.3. The van der Waals surface area contributed by atoms with E-state index in [9.17, 15) is 19.8 Å². The smallest absolute Gasteiger partial charge is 0.311 e. The Morgan fingerprint density at radius 1 is 1.15 bits per heavy atom. The fourth-order valence-corrected chi connectivity index (χ4v) is 4.05. The van der Waals surface area contributed by atoms with Crippen molar-refractivity contribution in [2.45, 2.75) is 104 Å². The van der Waals surface area contributed by atoms with E-state index in [1.54, 1.807) is 6.08 Å². The number of hydrogen-bond acceptors (Lipinski definition) is 7. The van der Waals surface area contributed by atoms with Crippen molar-refractivity contribution in [1.29, 1.82) is 0 Å². The maximum atomic E-state index is 12.5. The van der Waals surface area contributed by atoms with E-state index in [1.807, 2.05) is 39.0 Å². The molecule has 1 fully saturated rings. The largest absolute Gasteiger partial charge is 0.463 e. The number of allylic oxidation sites excluding steroid dienone is 2. The molecule has 0 amide bonds. The van der Waals surface area contributed by atoms with E-state index in [1.165, 1.54) is 0 Å². The molecule has 7 heteroatoms. The molecule has 0 spiro atoms. The minimum atomic E-state index is -0.630. The average molecular weight is 483 g/mol. The second-order valence-electron chi connectivity index (χ2n) is 10.2. The minimum Gasteiger partial charge on any atom is -0.463 e. The fraction of sp³-hybridized carbons (Fsp3) is 0.778. The van der Waals surface area contributed by atoms with Gasteiger partial charge in [0, 0.05) is 18.8 Å². The first-order valence-corrected chi connectivity index (χ1v) is 12.8. The first-order chi connectivity index (χ1) is 16.1. The number of esters is 2. The Hall–Kier alpha value is -1.70. The van der Waals surface area contributed by atoms with Gasteiger partial charge in [-0.1, -0.05) is 50.5 Å². The third-order valence-electron chi connectivity index (χ3n) is 6.10. The lowest BCUT2D eigenvalue weighted by Gasteiger charge is -2.25. The Labute approximate surface area is 205 Å². The van der Waals surface area contributed by atoms with Gasteiger partial charge in [-0.3, -0.25) is 9.59 Å². The van der Waals surface area contributed by atoms with Gasteiger partial charge in [-0.15, -0.1) is 0 Å². The number of ether oxygens (including phenoxy) is 2. The van der Waals surface area contributed by atoms with Crippen LogP contribution in [0, 0.1) is 17.3 Å². The second-order valence-corrected chi connectivity index (χ2v) is 10.2. The van der Waals surface area contributed by atoms with E-state index in [4.69, 9.17) is 14.6 Å². The molecular weight excluding hydrogens is 436 g/mol. The molecule has 34 heavy (non-hydrogen) atoms. The van der Waals surface area contributed by atoms with Gasteiger partial charge in [-0.25, -0.2) is 0 Å². The molecule has 0 aromatic heterocycles. The third kappa shape index (κ3) is 11.6. The second kappa shape index (κ2) is 16.1. The van der Waals surface area contributed by atoms with Crippen molar-refractivity contribution in [3.8, 4) is 0 Å². The van der Waals surface area contributed by atoms with Crippen molar-refractivity contribution in [3.05, 3.63) is 24.3 Å². The maximum absolute atomic E-state index is 12.5. The number of aliphatic hydroxyl groups excluding tert-OH is 3. The Morgan fingerprint density at radius 2 is 1.88 bits per heavy atom. The molecule has 1 aliphatic carbocycles. The van der Waals surface area contributed by atoms with E-state index >= 15 is 0 Å². The highest BCUT2D eigenvalue weighted by atomic mass is 16.5. The predicted octanol–water partition coefficient (Wildman–Crippen LogP) is 4.09. The topological polar surface area (TPSA) is 113 Å². The molecule has 0 aromatic rings. The van der Waals surface area contributed by atoms with Crippen LogP contribution < -0.4 is 0 Å². The summed E-state index contributed by atoms with van der Waals surface area (Å²) < 4.78 is 10.6. The molecular formula is C27H46O7. The van der Waals surface area contributed by atoms with Crippen molar-refractivity contribution in [3.63, 3.8) is 0 Å². The van der Waals surface area contributed by atoms with E-state index in [-0.39, 0.29) is 37.0 Å². The SMILES string of the molecule is CCCCC[C@H](O)/C=C/[C@@H]1[C@@H](C/C=C\CCCC(=O)OCCO)[C@@H](O)C[C@H]1OC(=O)C(C)(C)C. The minimum absolute atomic E-state index is 0.0252. The zero-order valence-electron chi connectivity index (χ0n) is 21.4. The van der Waals surface area contributed by atoms with Crippen LogP contribution in [0.5, 0.6) is 0 Å². The lowest BCUT2D eigenvalue weighted by atomic mass is 9.89. The molecule has 1 aliphatic rings. The summed E-state index contributed by atoms with van der Waals surface area (Å²) in [6.07, 6.45) is 12.5. The number of unbranched alkanes of at least 4 members (excludes halogenated alkanes) is 3. The summed E-state index contributed by atoms with van der Waals surface area (Å²) in [5, 5.41) is 29.7. The molecule has 7 nitrogen and oxygen atoms in total. The zero-order chi connectivity index (χ0) is 25.6. The molecule has 0 aliphatic heterocycles. The number of hydrogen-bond donors (Lipinski definition) is 3. The highest BCUT2D eigenvalue weighted by Gasteiger charge is 2.43. The van der Waals surface area contributed by atoms with Gasteiger partial charge in [0.25, 0.3) is 0 Å². The van der Waals surface area contributed by atoms with Crippen LogP contribution >= 0.6 is 0 Å².